The summed E-state index contributed by atoms with van der Waals surface area (Å²) in [6, 6.07) is 6.62. The van der Waals surface area contributed by atoms with Gasteiger partial charge in [0.2, 0.25) is 4.33 Å². The van der Waals surface area contributed by atoms with E-state index >= 15 is 0 Å². The number of aldehydes is 1. The number of carbonyl (C=O) groups is 1. The van der Waals surface area contributed by atoms with Crippen LogP contribution in [0, 0.1) is 13.8 Å². The second kappa shape index (κ2) is 11.2. The Hall–Kier alpha value is -1.00. The zero-order valence-corrected chi connectivity index (χ0v) is 21.5. The third kappa shape index (κ3) is 6.74. The Morgan fingerprint density at radius 2 is 1.42 bits per heavy atom. The highest BCUT2D eigenvalue weighted by atomic mass is 79.9. The lowest BCUT2D eigenvalue weighted by Gasteiger charge is -2.29. The molecule has 0 amide bonds. The zero-order chi connectivity index (χ0) is 24.1. The summed E-state index contributed by atoms with van der Waals surface area (Å²) in [6.45, 7) is 3.56. The Morgan fingerprint density at radius 1 is 0.968 bits per heavy atom. The SMILES string of the molecule is COc1cc(C)cc(C(O)C(Cl)(Cl)C(F)(F)F)c1Br.COc1cc(C)cc(C=O)c1Br. The largest absolute Gasteiger partial charge is 0.496 e. The minimum absolute atomic E-state index is 0.0980. The van der Waals surface area contributed by atoms with Crippen molar-refractivity contribution < 1.29 is 32.5 Å². The van der Waals surface area contributed by atoms with Gasteiger partial charge < -0.3 is 14.6 Å². The predicted octanol–water partition coefficient (Wildman–Crippen LogP) is 7.11. The molecule has 0 spiro atoms. The van der Waals surface area contributed by atoms with Crippen molar-refractivity contribution in [2.75, 3.05) is 14.2 Å². The van der Waals surface area contributed by atoms with Crippen LogP contribution in [0.2, 0.25) is 0 Å². The maximum atomic E-state index is 12.7. The quantitative estimate of drug-likeness (QED) is 0.289. The molecule has 0 saturated heterocycles. The number of methoxy groups -OCH3 is 2. The number of rotatable bonds is 5. The normalized spacial score (nSPS) is 12.5. The van der Waals surface area contributed by atoms with Crippen molar-refractivity contribution in [3.63, 3.8) is 0 Å². The molecule has 2 aromatic carbocycles. The van der Waals surface area contributed by atoms with Crippen molar-refractivity contribution >= 4 is 61.3 Å². The molecular formula is C20H19Br2Cl2F3O4. The van der Waals surface area contributed by atoms with Crippen molar-refractivity contribution in [3.8, 4) is 11.5 Å². The van der Waals surface area contributed by atoms with E-state index in [2.05, 4.69) is 31.9 Å². The first-order valence-corrected chi connectivity index (χ1v) is 10.8. The first-order valence-electron chi connectivity index (χ1n) is 8.47. The monoisotopic (exact) mass is 608 g/mol. The second-order valence-electron chi connectivity index (χ2n) is 6.38. The number of aliphatic hydroxyl groups excluding tert-OH is 1. The lowest BCUT2D eigenvalue weighted by molar-refractivity contribution is -0.162. The Morgan fingerprint density at radius 3 is 1.84 bits per heavy atom. The molecule has 31 heavy (non-hydrogen) atoms. The van der Waals surface area contributed by atoms with Gasteiger partial charge in [0.25, 0.3) is 0 Å². The first kappa shape index (κ1) is 28.0. The first-order chi connectivity index (χ1) is 14.2. The third-order valence-corrected chi connectivity index (χ3v) is 6.55. The molecular weight excluding hydrogens is 592 g/mol. The molecule has 0 fully saturated rings. The van der Waals surface area contributed by atoms with E-state index in [-0.39, 0.29) is 15.8 Å². The molecule has 11 heteroatoms. The standard InChI is InChI=1S/C11H10BrCl2F3O2.C9H9BrO2/c1-5-3-6(8(12)7(4-5)19-2)9(18)10(13,14)11(15,16)17;1-6-3-7(5-11)9(10)8(4-6)12-2/h3-4,9,18H,1-2H3;3-5H,1-2H3. The van der Waals surface area contributed by atoms with Crippen molar-refractivity contribution in [2.45, 2.75) is 30.5 Å². The summed E-state index contributed by atoms with van der Waals surface area (Å²) in [5, 5.41) is 9.84. The van der Waals surface area contributed by atoms with Gasteiger partial charge in [-0.05, 0) is 75.0 Å². The van der Waals surface area contributed by atoms with Crippen LogP contribution < -0.4 is 9.47 Å². The highest BCUT2D eigenvalue weighted by Crippen LogP contribution is 2.50. The van der Waals surface area contributed by atoms with Crippen LogP contribution >= 0.6 is 55.1 Å². The molecule has 1 atom stereocenters. The number of hydrogen-bond donors (Lipinski definition) is 1. The van der Waals surface area contributed by atoms with Gasteiger partial charge in [-0.2, -0.15) is 13.2 Å². The van der Waals surface area contributed by atoms with E-state index in [1.54, 1.807) is 26.2 Å². The minimum atomic E-state index is -4.98. The van der Waals surface area contributed by atoms with Crippen LogP contribution in [0.15, 0.2) is 33.2 Å². The van der Waals surface area contributed by atoms with Crippen LogP contribution in [-0.4, -0.2) is 36.1 Å². The lowest BCUT2D eigenvalue weighted by Crippen LogP contribution is -2.40. The molecule has 0 aliphatic heterocycles. The van der Waals surface area contributed by atoms with Gasteiger partial charge in [0.1, 0.15) is 17.6 Å². The number of carbonyl (C=O) groups excluding carboxylic acids is 1. The molecule has 0 aliphatic carbocycles. The summed E-state index contributed by atoms with van der Waals surface area (Å²) in [5.41, 5.74) is 2.13. The molecule has 0 aliphatic rings. The van der Waals surface area contributed by atoms with Gasteiger partial charge in [-0.15, -0.1) is 0 Å². The van der Waals surface area contributed by atoms with Crippen molar-refractivity contribution in [1.82, 2.24) is 0 Å². The van der Waals surface area contributed by atoms with Gasteiger partial charge in [0, 0.05) is 11.1 Å². The van der Waals surface area contributed by atoms with Gasteiger partial charge >= 0.3 is 6.18 Å². The van der Waals surface area contributed by atoms with Crippen molar-refractivity contribution in [1.29, 1.82) is 0 Å². The third-order valence-electron chi connectivity index (χ3n) is 4.01. The summed E-state index contributed by atoms with van der Waals surface area (Å²) in [7, 11) is 2.93. The number of ether oxygens (including phenoxy) is 2. The number of hydrogen-bond acceptors (Lipinski definition) is 4. The summed E-state index contributed by atoms with van der Waals surface area (Å²) in [4.78, 5) is 10.6. The Balaban J connectivity index is 0.000000343. The lowest BCUT2D eigenvalue weighted by atomic mass is 10.0. The van der Waals surface area contributed by atoms with Crippen LogP contribution in [0.1, 0.15) is 33.2 Å². The molecule has 0 bridgehead atoms. The fourth-order valence-corrected chi connectivity index (χ4v) is 3.78. The number of benzene rings is 2. The van der Waals surface area contributed by atoms with Gasteiger partial charge in [-0.1, -0.05) is 29.3 Å². The van der Waals surface area contributed by atoms with E-state index in [9.17, 15) is 23.1 Å². The van der Waals surface area contributed by atoms with Crippen LogP contribution in [-0.2, 0) is 0 Å². The number of aryl methyl sites for hydroxylation is 2. The van der Waals surface area contributed by atoms with Gasteiger partial charge in [0.15, 0.2) is 6.29 Å². The Bertz CT molecular complexity index is 938. The molecule has 1 N–H and O–H groups in total. The van der Waals surface area contributed by atoms with Crippen LogP contribution in [0.4, 0.5) is 13.2 Å². The number of halogens is 7. The van der Waals surface area contributed by atoms with Crippen LogP contribution in [0.3, 0.4) is 0 Å². The van der Waals surface area contributed by atoms with Crippen molar-refractivity contribution in [2.24, 2.45) is 0 Å². The van der Waals surface area contributed by atoms with Gasteiger partial charge in [-0.25, -0.2) is 0 Å². The van der Waals surface area contributed by atoms with E-state index in [1.165, 1.54) is 13.2 Å². The summed E-state index contributed by atoms with van der Waals surface area (Å²) in [5.74, 6) is 0.970. The number of aliphatic hydroxyl groups is 1. The minimum Gasteiger partial charge on any atom is -0.496 e. The smallest absolute Gasteiger partial charge is 0.424 e. The molecule has 4 nitrogen and oxygen atoms in total. The van der Waals surface area contributed by atoms with Gasteiger partial charge in [-0.3, -0.25) is 4.79 Å². The summed E-state index contributed by atoms with van der Waals surface area (Å²) in [6.07, 6.45) is -6.33. The summed E-state index contributed by atoms with van der Waals surface area (Å²) < 4.78 is 45.8. The van der Waals surface area contributed by atoms with Crippen LogP contribution in [0.25, 0.3) is 0 Å². The van der Waals surface area contributed by atoms with Crippen LogP contribution in [0.5, 0.6) is 11.5 Å². The van der Waals surface area contributed by atoms with E-state index in [4.69, 9.17) is 32.7 Å². The highest BCUT2D eigenvalue weighted by molar-refractivity contribution is 9.11. The second-order valence-corrected chi connectivity index (χ2v) is 9.35. The maximum Gasteiger partial charge on any atom is 0.424 e. The van der Waals surface area contributed by atoms with E-state index < -0.39 is 16.6 Å². The average molecular weight is 611 g/mol. The number of alkyl halides is 5. The maximum absolute atomic E-state index is 12.7. The topological polar surface area (TPSA) is 55.8 Å². The molecule has 0 radical (unpaired) electrons. The molecule has 172 valence electrons. The fraction of sp³-hybridized carbons (Fsp3) is 0.350. The predicted molar refractivity (Wildman–Crippen MR) is 122 cm³/mol. The summed E-state index contributed by atoms with van der Waals surface area (Å²) >= 11 is 16.8. The molecule has 2 rings (SSSR count). The van der Waals surface area contributed by atoms with E-state index in [0.717, 1.165) is 11.8 Å². The Kier molecular flexibility index (Phi) is 10.2. The van der Waals surface area contributed by atoms with Gasteiger partial charge in [0.05, 0.1) is 23.2 Å². The molecule has 0 heterocycles. The molecule has 2 aromatic rings. The molecule has 0 saturated carbocycles. The molecule has 0 aromatic heterocycles. The highest BCUT2D eigenvalue weighted by Gasteiger charge is 2.58. The average Bonchev–Trinajstić information content (AvgIpc) is 2.69. The Labute approximate surface area is 204 Å². The molecule has 1 unspecified atom stereocenters. The van der Waals surface area contributed by atoms with E-state index in [1.807, 2.05) is 13.0 Å². The van der Waals surface area contributed by atoms with E-state index in [0.29, 0.717) is 21.3 Å². The fourth-order valence-electron chi connectivity index (χ4n) is 2.46. The zero-order valence-electron chi connectivity index (χ0n) is 16.8. The van der Waals surface area contributed by atoms with Crippen molar-refractivity contribution in [3.05, 3.63) is 55.5 Å².